The molecule has 3 aliphatic carbocycles. The second kappa shape index (κ2) is 3.58. The van der Waals surface area contributed by atoms with E-state index in [4.69, 9.17) is 0 Å². The number of fused-ring (bicyclic) bond motifs is 2. The lowest BCUT2D eigenvalue weighted by atomic mass is 9.75. The molecule has 3 aliphatic rings. The fourth-order valence-electron chi connectivity index (χ4n) is 3.78. The minimum Gasteiger partial charge on any atom is -0.299 e. The van der Waals surface area contributed by atoms with Gasteiger partial charge in [-0.15, -0.1) is 0 Å². The van der Waals surface area contributed by atoms with Crippen LogP contribution in [-0.4, -0.2) is 5.78 Å². The minimum absolute atomic E-state index is 0.313. The molecule has 0 radical (unpaired) electrons. The molecule has 4 unspecified atom stereocenters. The van der Waals surface area contributed by atoms with Crippen LogP contribution in [0.5, 0.6) is 0 Å². The largest absolute Gasteiger partial charge is 0.299 e. The molecule has 0 aromatic heterocycles. The molecule has 0 N–H and O–H groups in total. The van der Waals surface area contributed by atoms with Crippen LogP contribution in [0.25, 0.3) is 0 Å². The molecule has 1 heteroatoms. The van der Waals surface area contributed by atoms with Gasteiger partial charge in [0, 0.05) is 12.3 Å². The highest BCUT2D eigenvalue weighted by molar-refractivity contribution is 5.82. The molecule has 0 aromatic rings. The van der Waals surface area contributed by atoms with Gasteiger partial charge in [0.25, 0.3) is 0 Å². The number of hydrogen-bond acceptors (Lipinski definition) is 1. The Labute approximate surface area is 97.6 Å². The molecule has 0 aliphatic heterocycles. The lowest BCUT2D eigenvalue weighted by molar-refractivity contribution is -0.124. The van der Waals surface area contributed by atoms with Crippen molar-refractivity contribution in [2.75, 3.05) is 0 Å². The highest BCUT2D eigenvalue weighted by Crippen LogP contribution is 2.53. The SMILES string of the molecule is CCC(=O)C1C2C=CC(C2)C1C(C)=C1CC1. The first kappa shape index (κ1) is 10.3. The normalized spacial score (nSPS) is 39.2. The van der Waals surface area contributed by atoms with Crippen molar-refractivity contribution in [1.29, 1.82) is 0 Å². The summed E-state index contributed by atoms with van der Waals surface area (Å²) in [5.41, 5.74) is 3.20. The monoisotopic (exact) mass is 216 g/mol. The zero-order valence-electron chi connectivity index (χ0n) is 10.2. The second-order valence-electron chi connectivity index (χ2n) is 5.61. The smallest absolute Gasteiger partial charge is 0.136 e. The highest BCUT2D eigenvalue weighted by atomic mass is 16.1. The van der Waals surface area contributed by atoms with Gasteiger partial charge in [-0.25, -0.2) is 0 Å². The van der Waals surface area contributed by atoms with Crippen LogP contribution in [0.3, 0.4) is 0 Å². The Morgan fingerprint density at radius 1 is 1.25 bits per heavy atom. The number of allylic oxidation sites excluding steroid dienone is 4. The fourth-order valence-corrected chi connectivity index (χ4v) is 3.78. The average Bonchev–Trinajstić information content (AvgIpc) is 2.96. The zero-order valence-corrected chi connectivity index (χ0v) is 10.2. The van der Waals surface area contributed by atoms with Crippen molar-refractivity contribution in [3.8, 4) is 0 Å². The Morgan fingerprint density at radius 2 is 1.88 bits per heavy atom. The summed E-state index contributed by atoms with van der Waals surface area (Å²) in [5, 5.41) is 0. The fraction of sp³-hybridized carbons (Fsp3) is 0.667. The molecular formula is C15H20O. The Hall–Kier alpha value is -0.850. The molecule has 2 fully saturated rings. The molecule has 0 spiro atoms. The predicted molar refractivity (Wildman–Crippen MR) is 64.9 cm³/mol. The van der Waals surface area contributed by atoms with Crippen molar-refractivity contribution in [3.05, 3.63) is 23.3 Å². The van der Waals surface area contributed by atoms with Gasteiger partial charge >= 0.3 is 0 Å². The summed E-state index contributed by atoms with van der Waals surface area (Å²) < 4.78 is 0. The number of rotatable bonds is 3. The summed E-state index contributed by atoms with van der Waals surface area (Å²) in [6.07, 6.45) is 9.17. The van der Waals surface area contributed by atoms with E-state index in [9.17, 15) is 4.79 Å². The molecule has 86 valence electrons. The zero-order chi connectivity index (χ0) is 11.3. The lowest BCUT2D eigenvalue weighted by Gasteiger charge is -2.27. The number of carbonyl (C=O) groups is 1. The maximum atomic E-state index is 12.1. The Morgan fingerprint density at radius 3 is 2.44 bits per heavy atom. The van der Waals surface area contributed by atoms with Gasteiger partial charge in [0.2, 0.25) is 0 Å². The van der Waals surface area contributed by atoms with Crippen LogP contribution in [0.15, 0.2) is 23.3 Å². The molecule has 4 atom stereocenters. The van der Waals surface area contributed by atoms with Crippen molar-refractivity contribution in [2.24, 2.45) is 23.7 Å². The molecule has 16 heavy (non-hydrogen) atoms. The molecule has 3 rings (SSSR count). The van der Waals surface area contributed by atoms with Gasteiger partial charge in [-0.05, 0) is 43.9 Å². The first-order valence-electron chi connectivity index (χ1n) is 6.62. The van der Waals surface area contributed by atoms with Crippen LogP contribution in [0, 0.1) is 23.7 Å². The van der Waals surface area contributed by atoms with Crippen LogP contribution in [0.1, 0.15) is 39.5 Å². The first-order valence-corrected chi connectivity index (χ1v) is 6.62. The molecular weight excluding hydrogens is 196 g/mol. The number of ketones is 1. The van der Waals surface area contributed by atoms with Crippen LogP contribution < -0.4 is 0 Å². The first-order chi connectivity index (χ1) is 7.72. The molecule has 1 nitrogen and oxygen atoms in total. The quantitative estimate of drug-likeness (QED) is 0.660. The van der Waals surface area contributed by atoms with Crippen LogP contribution in [0.4, 0.5) is 0 Å². The van der Waals surface area contributed by atoms with E-state index in [-0.39, 0.29) is 0 Å². The van der Waals surface area contributed by atoms with Gasteiger partial charge in [0.05, 0.1) is 0 Å². The summed E-state index contributed by atoms with van der Waals surface area (Å²) >= 11 is 0. The van der Waals surface area contributed by atoms with Gasteiger partial charge in [-0.2, -0.15) is 0 Å². The second-order valence-corrected chi connectivity index (χ2v) is 5.61. The van der Waals surface area contributed by atoms with Gasteiger partial charge in [0.15, 0.2) is 0 Å². The van der Waals surface area contributed by atoms with E-state index in [1.165, 1.54) is 19.3 Å². The molecule has 0 saturated heterocycles. The van der Waals surface area contributed by atoms with Crippen LogP contribution >= 0.6 is 0 Å². The molecule has 0 heterocycles. The van der Waals surface area contributed by atoms with E-state index in [2.05, 4.69) is 19.1 Å². The van der Waals surface area contributed by atoms with Gasteiger partial charge in [-0.3, -0.25) is 4.79 Å². The van der Waals surface area contributed by atoms with E-state index < -0.39 is 0 Å². The van der Waals surface area contributed by atoms with Crippen molar-refractivity contribution < 1.29 is 4.79 Å². The molecule has 2 saturated carbocycles. The molecule has 0 aromatic carbocycles. The summed E-state index contributed by atoms with van der Waals surface area (Å²) in [7, 11) is 0. The predicted octanol–water partition coefficient (Wildman–Crippen LogP) is 3.51. The van der Waals surface area contributed by atoms with Gasteiger partial charge in [0.1, 0.15) is 5.78 Å². The summed E-state index contributed by atoms with van der Waals surface area (Å²) in [6.45, 7) is 4.28. The van der Waals surface area contributed by atoms with E-state index in [1.54, 1.807) is 11.1 Å². The maximum absolute atomic E-state index is 12.1. The third-order valence-electron chi connectivity index (χ3n) is 4.74. The molecule has 2 bridgehead atoms. The lowest BCUT2D eigenvalue weighted by Crippen LogP contribution is -2.28. The van der Waals surface area contributed by atoms with E-state index in [0.29, 0.717) is 35.9 Å². The van der Waals surface area contributed by atoms with Crippen molar-refractivity contribution in [2.45, 2.75) is 39.5 Å². The highest BCUT2D eigenvalue weighted by Gasteiger charge is 2.48. The van der Waals surface area contributed by atoms with Crippen LogP contribution in [0.2, 0.25) is 0 Å². The van der Waals surface area contributed by atoms with Crippen LogP contribution in [-0.2, 0) is 4.79 Å². The third kappa shape index (κ3) is 1.41. The Bertz CT molecular complexity index is 382. The van der Waals surface area contributed by atoms with E-state index >= 15 is 0 Å². The Kier molecular flexibility index (Phi) is 2.31. The number of Topliss-reactive ketones (excluding diaryl/α,β-unsaturated/α-hetero) is 1. The van der Waals surface area contributed by atoms with Crippen molar-refractivity contribution >= 4 is 5.78 Å². The minimum atomic E-state index is 0.313. The summed E-state index contributed by atoms with van der Waals surface area (Å²) in [5.74, 6) is 2.57. The average molecular weight is 216 g/mol. The molecule has 0 amide bonds. The third-order valence-corrected chi connectivity index (χ3v) is 4.74. The van der Waals surface area contributed by atoms with Gasteiger partial charge in [-0.1, -0.05) is 30.2 Å². The van der Waals surface area contributed by atoms with E-state index in [0.717, 1.165) is 0 Å². The standard InChI is InChI=1S/C15H20O/c1-3-13(16)15-12-7-6-11(8-12)14(15)9(2)10-4-5-10/h6-7,11-12,14-15H,3-5,8H2,1-2H3. The number of carbonyl (C=O) groups excluding carboxylic acids is 1. The van der Waals surface area contributed by atoms with Crippen molar-refractivity contribution in [3.63, 3.8) is 0 Å². The topological polar surface area (TPSA) is 17.1 Å². The van der Waals surface area contributed by atoms with Crippen molar-refractivity contribution in [1.82, 2.24) is 0 Å². The van der Waals surface area contributed by atoms with E-state index in [1.807, 2.05) is 6.92 Å². The summed E-state index contributed by atoms with van der Waals surface area (Å²) in [6, 6.07) is 0. The number of hydrogen-bond donors (Lipinski definition) is 0. The Balaban J connectivity index is 1.93. The summed E-state index contributed by atoms with van der Waals surface area (Å²) in [4.78, 5) is 12.1. The van der Waals surface area contributed by atoms with Gasteiger partial charge < -0.3 is 0 Å². The maximum Gasteiger partial charge on any atom is 0.136 e.